The zero-order valence-corrected chi connectivity index (χ0v) is 23.0. The maximum absolute atomic E-state index is 14.7. The standard InChI is InChI=1S/C19H20ClFN2S.2CH4O4S/c1-22-6-8-23(9-7-22)17-10-13-4-2-3-5-18(13)24-19-15(17)11-14(20)12-16(19)21;2*1-5-6(2,3)4/h2-5,11-12,17H,6-10H2,1H3;2*1H3,(H,2,3,4). The predicted molar refractivity (Wildman–Crippen MR) is 135 cm³/mol. The van der Waals surface area contributed by atoms with Crippen molar-refractivity contribution in [3.05, 3.63) is 58.4 Å². The summed E-state index contributed by atoms with van der Waals surface area (Å²) in [5.41, 5.74) is 2.32. The molecular formula is C21H28ClFN2O8S3. The highest BCUT2D eigenvalue weighted by Crippen LogP contribution is 2.45. The molecule has 36 heavy (non-hydrogen) atoms. The van der Waals surface area contributed by atoms with Gasteiger partial charge in [0.05, 0.1) is 19.1 Å². The van der Waals surface area contributed by atoms with Gasteiger partial charge in [0.25, 0.3) is 0 Å². The summed E-state index contributed by atoms with van der Waals surface area (Å²) >= 11 is 7.73. The maximum Gasteiger partial charge on any atom is 0.397 e. The van der Waals surface area contributed by atoms with Crippen molar-refractivity contribution in [1.82, 2.24) is 9.80 Å². The van der Waals surface area contributed by atoms with E-state index >= 15 is 0 Å². The van der Waals surface area contributed by atoms with Gasteiger partial charge in [-0.3, -0.25) is 22.4 Å². The van der Waals surface area contributed by atoms with Crippen molar-refractivity contribution in [3.8, 4) is 0 Å². The summed E-state index contributed by atoms with van der Waals surface area (Å²) in [7, 11) is -4.43. The van der Waals surface area contributed by atoms with Crippen LogP contribution in [-0.4, -0.2) is 83.2 Å². The topological polar surface area (TPSA) is 134 Å². The summed E-state index contributed by atoms with van der Waals surface area (Å²) in [6.45, 7) is 4.09. The van der Waals surface area contributed by atoms with Crippen molar-refractivity contribution in [1.29, 1.82) is 0 Å². The van der Waals surface area contributed by atoms with Crippen LogP contribution in [-0.2, 0) is 35.6 Å². The number of benzene rings is 2. The molecule has 2 aliphatic rings. The van der Waals surface area contributed by atoms with Gasteiger partial charge in [-0.15, -0.1) is 0 Å². The minimum absolute atomic E-state index is 0.179. The van der Waals surface area contributed by atoms with Gasteiger partial charge in [-0.2, -0.15) is 16.8 Å². The lowest BCUT2D eigenvalue weighted by atomic mass is 9.96. The summed E-state index contributed by atoms with van der Waals surface area (Å²) in [6.07, 6.45) is 0.902. The van der Waals surface area contributed by atoms with Crippen molar-refractivity contribution in [3.63, 3.8) is 0 Å². The zero-order valence-electron chi connectivity index (χ0n) is 19.8. The third-order valence-corrected chi connectivity index (χ3v) is 7.71. The van der Waals surface area contributed by atoms with E-state index in [-0.39, 0.29) is 11.9 Å². The Hall–Kier alpha value is -1.33. The second-order valence-electron chi connectivity index (χ2n) is 7.76. The van der Waals surface area contributed by atoms with Gasteiger partial charge < -0.3 is 4.90 Å². The highest BCUT2D eigenvalue weighted by atomic mass is 35.5. The first-order valence-corrected chi connectivity index (χ1v) is 14.4. The molecule has 0 bridgehead atoms. The first-order valence-electron chi connectivity index (χ1n) is 10.5. The molecule has 0 radical (unpaired) electrons. The fraction of sp³-hybridized carbons (Fsp3) is 0.429. The van der Waals surface area contributed by atoms with Gasteiger partial charge >= 0.3 is 20.8 Å². The van der Waals surface area contributed by atoms with Crippen LogP contribution in [0.25, 0.3) is 0 Å². The number of hydrogen-bond acceptors (Lipinski definition) is 9. The molecule has 2 heterocycles. The maximum atomic E-state index is 14.7. The third kappa shape index (κ3) is 9.85. The van der Waals surface area contributed by atoms with E-state index < -0.39 is 20.8 Å². The summed E-state index contributed by atoms with van der Waals surface area (Å²) < 4.78 is 74.1. The van der Waals surface area contributed by atoms with Crippen molar-refractivity contribution in [2.24, 2.45) is 0 Å². The van der Waals surface area contributed by atoms with E-state index in [0.29, 0.717) is 5.02 Å². The van der Waals surface area contributed by atoms with E-state index in [2.05, 4.69) is 43.4 Å². The molecule has 0 spiro atoms. The second kappa shape index (κ2) is 13.5. The van der Waals surface area contributed by atoms with Crippen molar-refractivity contribution < 1.29 is 38.7 Å². The van der Waals surface area contributed by atoms with Crippen LogP contribution >= 0.6 is 23.4 Å². The Morgan fingerprint density at radius 2 is 1.53 bits per heavy atom. The molecule has 1 atom stereocenters. The molecule has 15 heteroatoms. The lowest BCUT2D eigenvalue weighted by Crippen LogP contribution is -2.46. The van der Waals surface area contributed by atoms with E-state index in [4.69, 9.17) is 20.7 Å². The normalized spacial score (nSPS) is 18.5. The SMILES string of the molecule is CN1CCN(C2Cc3ccccc3Sc3c(F)cc(Cl)cc32)CC1.COS(=O)(=O)O.COS(=O)(=O)O. The summed E-state index contributed by atoms with van der Waals surface area (Å²) in [5, 5.41) is 0.483. The van der Waals surface area contributed by atoms with Crippen LogP contribution in [0.3, 0.4) is 0 Å². The van der Waals surface area contributed by atoms with Crippen molar-refractivity contribution in [2.75, 3.05) is 47.4 Å². The Balaban J connectivity index is 0.000000319. The number of piperazine rings is 1. The highest BCUT2D eigenvalue weighted by molar-refractivity contribution is 7.99. The third-order valence-electron chi connectivity index (χ3n) is 5.39. The Morgan fingerprint density at radius 3 is 2.06 bits per heavy atom. The number of fused-ring (bicyclic) bond motifs is 2. The Bertz CT molecular complexity index is 1210. The first-order chi connectivity index (χ1) is 16.7. The molecule has 202 valence electrons. The number of nitrogens with zero attached hydrogens (tertiary/aromatic N) is 2. The zero-order chi connectivity index (χ0) is 27.1. The number of rotatable bonds is 3. The van der Waals surface area contributed by atoms with Gasteiger partial charge in [0.2, 0.25) is 0 Å². The molecule has 1 unspecified atom stereocenters. The summed E-state index contributed by atoms with van der Waals surface area (Å²) in [5.74, 6) is -0.210. The molecule has 4 rings (SSSR count). The Kier molecular flexibility index (Phi) is 11.6. The fourth-order valence-electron chi connectivity index (χ4n) is 3.60. The quantitative estimate of drug-likeness (QED) is 0.513. The molecule has 0 amide bonds. The van der Waals surface area contributed by atoms with Gasteiger partial charge in [0, 0.05) is 42.1 Å². The van der Waals surface area contributed by atoms with Gasteiger partial charge in [-0.05, 0) is 42.8 Å². The lowest BCUT2D eigenvalue weighted by molar-refractivity contribution is 0.109. The Morgan fingerprint density at radius 1 is 1.00 bits per heavy atom. The molecule has 2 aliphatic heterocycles. The second-order valence-corrected chi connectivity index (χ2v) is 11.6. The minimum atomic E-state index is -4.16. The molecule has 0 aromatic heterocycles. The van der Waals surface area contributed by atoms with E-state index in [1.807, 2.05) is 12.1 Å². The minimum Gasteiger partial charge on any atom is -0.304 e. The number of likely N-dealkylation sites (N-methyl/N-ethyl adjacent to an activating group) is 1. The van der Waals surface area contributed by atoms with Crippen LogP contribution in [0.2, 0.25) is 5.02 Å². The average Bonchev–Trinajstić information content (AvgIpc) is 2.97. The largest absolute Gasteiger partial charge is 0.397 e. The van der Waals surface area contributed by atoms with Crippen LogP contribution in [0, 0.1) is 5.82 Å². The predicted octanol–water partition coefficient (Wildman–Crippen LogP) is 3.35. The lowest BCUT2D eigenvalue weighted by Gasteiger charge is -2.38. The highest BCUT2D eigenvalue weighted by Gasteiger charge is 2.31. The molecule has 2 aromatic carbocycles. The van der Waals surface area contributed by atoms with Gasteiger partial charge in [0.15, 0.2) is 0 Å². The average molecular weight is 587 g/mol. The number of hydrogen-bond donors (Lipinski definition) is 2. The summed E-state index contributed by atoms with van der Waals surface area (Å²) in [6, 6.07) is 11.9. The van der Waals surface area contributed by atoms with Crippen LogP contribution < -0.4 is 0 Å². The fourth-order valence-corrected chi connectivity index (χ4v) is 4.93. The van der Waals surface area contributed by atoms with Crippen LogP contribution in [0.15, 0.2) is 46.2 Å². The number of halogens is 2. The Labute approximate surface area is 220 Å². The molecule has 0 saturated carbocycles. The summed E-state index contributed by atoms with van der Waals surface area (Å²) in [4.78, 5) is 6.71. The smallest absolute Gasteiger partial charge is 0.304 e. The van der Waals surface area contributed by atoms with Gasteiger partial charge in [0.1, 0.15) is 5.82 Å². The monoisotopic (exact) mass is 586 g/mol. The van der Waals surface area contributed by atoms with Gasteiger partial charge in [-0.25, -0.2) is 4.39 Å². The molecular weight excluding hydrogens is 559 g/mol. The van der Waals surface area contributed by atoms with Crippen LogP contribution in [0.4, 0.5) is 4.39 Å². The van der Waals surface area contributed by atoms with Crippen LogP contribution in [0.5, 0.6) is 0 Å². The van der Waals surface area contributed by atoms with E-state index in [1.165, 1.54) is 23.4 Å². The van der Waals surface area contributed by atoms with E-state index in [9.17, 15) is 21.2 Å². The van der Waals surface area contributed by atoms with Crippen molar-refractivity contribution >= 4 is 44.2 Å². The molecule has 1 fully saturated rings. The van der Waals surface area contributed by atoms with Crippen LogP contribution in [0.1, 0.15) is 17.2 Å². The molecule has 10 nitrogen and oxygen atoms in total. The first kappa shape index (κ1) is 30.9. The van der Waals surface area contributed by atoms with E-state index in [1.54, 1.807) is 0 Å². The van der Waals surface area contributed by atoms with E-state index in [0.717, 1.165) is 62.2 Å². The molecule has 1 saturated heterocycles. The molecule has 2 aromatic rings. The molecule has 0 aliphatic carbocycles. The van der Waals surface area contributed by atoms with Crippen molar-refractivity contribution in [2.45, 2.75) is 22.3 Å². The molecule has 2 N–H and O–H groups in total. The van der Waals surface area contributed by atoms with Gasteiger partial charge in [-0.1, -0.05) is 41.6 Å².